The standard InChI is InChI=1S/C13H23NO3/c1-11(8-12(15)16)9-14-10-13(17)6-4-2-3-5-7-13/h8,14,17H,2-7,9-10H2,1H3,(H,15,16). The molecule has 0 heterocycles. The van der Waals surface area contributed by atoms with E-state index < -0.39 is 11.6 Å². The van der Waals surface area contributed by atoms with E-state index in [0.717, 1.165) is 31.3 Å². The fourth-order valence-electron chi connectivity index (χ4n) is 2.32. The summed E-state index contributed by atoms with van der Waals surface area (Å²) in [6.45, 7) is 2.85. The Balaban J connectivity index is 2.31. The zero-order chi connectivity index (χ0) is 12.7. The van der Waals surface area contributed by atoms with Crippen molar-refractivity contribution in [3.8, 4) is 0 Å². The van der Waals surface area contributed by atoms with Crippen molar-refractivity contribution in [1.29, 1.82) is 0 Å². The highest BCUT2D eigenvalue weighted by Gasteiger charge is 2.27. The number of carboxylic acids is 1. The molecule has 17 heavy (non-hydrogen) atoms. The molecule has 98 valence electrons. The molecule has 3 N–H and O–H groups in total. The average molecular weight is 241 g/mol. The van der Waals surface area contributed by atoms with Crippen molar-refractivity contribution in [2.75, 3.05) is 13.1 Å². The van der Waals surface area contributed by atoms with E-state index in [0.29, 0.717) is 13.1 Å². The summed E-state index contributed by atoms with van der Waals surface area (Å²) in [6.07, 6.45) is 7.48. The van der Waals surface area contributed by atoms with Crippen LogP contribution in [0, 0.1) is 0 Å². The second kappa shape index (κ2) is 6.77. The maximum atomic E-state index is 10.4. The zero-order valence-corrected chi connectivity index (χ0v) is 10.5. The summed E-state index contributed by atoms with van der Waals surface area (Å²) in [5.41, 5.74) is 0.176. The molecule has 1 fully saturated rings. The maximum absolute atomic E-state index is 10.4. The minimum Gasteiger partial charge on any atom is -0.478 e. The molecule has 0 saturated heterocycles. The largest absolute Gasteiger partial charge is 0.478 e. The summed E-state index contributed by atoms with van der Waals surface area (Å²) >= 11 is 0. The first-order valence-electron chi connectivity index (χ1n) is 6.35. The predicted molar refractivity (Wildman–Crippen MR) is 66.9 cm³/mol. The Morgan fingerprint density at radius 3 is 2.41 bits per heavy atom. The van der Waals surface area contributed by atoms with Crippen LogP contribution < -0.4 is 5.32 Å². The van der Waals surface area contributed by atoms with Gasteiger partial charge in [0.2, 0.25) is 0 Å². The van der Waals surface area contributed by atoms with Crippen LogP contribution in [0.3, 0.4) is 0 Å². The van der Waals surface area contributed by atoms with E-state index in [1.165, 1.54) is 18.9 Å². The van der Waals surface area contributed by atoms with E-state index in [4.69, 9.17) is 5.11 Å². The highest BCUT2D eigenvalue weighted by Crippen LogP contribution is 2.26. The molecule has 0 unspecified atom stereocenters. The highest BCUT2D eigenvalue weighted by molar-refractivity contribution is 5.80. The van der Waals surface area contributed by atoms with Crippen molar-refractivity contribution in [2.24, 2.45) is 0 Å². The monoisotopic (exact) mass is 241 g/mol. The lowest BCUT2D eigenvalue weighted by Crippen LogP contribution is -2.40. The Labute approximate surface area is 103 Å². The van der Waals surface area contributed by atoms with Gasteiger partial charge in [-0.25, -0.2) is 4.79 Å². The van der Waals surface area contributed by atoms with Gasteiger partial charge in [-0.1, -0.05) is 31.3 Å². The average Bonchev–Trinajstić information content (AvgIpc) is 2.42. The first kappa shape index (κ1) is 14.2. The van der Waals surface area contributed by atoms with E-state index in [1.807, 2.05) is 0 Å². The van der Waals surface area contributed by atoms with Gasteiger partial charge in [0.1, 0.15) is 0 Å². The van der Waals surface area contributed by atoms with Gasteiger partial charge >= 0.3 is 5.97 Å². The van der Waals surface area contributed by atoms with E-state index in [9.17, 15) is 9.90 Å². The van der Waals surface area contributed by atoms with Gasteiger partial charge in [-0.05, 0) is 19.8 Å². The molecule has 1 saturated carbocycles. The molecule has 0 amide bonds. The molecule has 0 spiro atoms. The Morgan fingerprint density at radius 1 is 1.29 bits per heavy atom. The molecule has 0 aromatic heterocycles. The SMILES string of the molecule is CC(=CC(=O)O)CNCC1(O)CCCCCC1. The molecule has 0 aromatic carbocycles. The Hall–Kier alpha value is -0.870. The van der Waals surface area contributed by atoms with Crippen LogP contribution in [-0.2, 0) is 4.79 Å². The minimum absolute atomic E-state index is 0.522. The molecule has 0 atom stereocenters. The summed E-state index contributed by atoms with van der Waals surface area (Å²) in [4.78, 5) is 10.4. The van der Waals surface area contributed by atoms with Crippen LogP contribution in [0.15, 0.2) is 11.6 Å². The minimum atomic E-state index is -0.919. The van der Waals surface area contributed by atoms with Gasteiger partial charge in [0.15, 0.2) is 0 Å². The lowest BCUT2D eigenvalue weighted by molar-refractivity contribution is -0.131. The number of carbonyl (C=O) groups is 1. The first-order valence-corrected chi connectivity index (χ1v) is 6.35. The number of hydrogen-bond donors (Lipinski definition) is 3. The molecule has 1 aliphatic rings. The van der Waals surface area contributed by atoms with Crippen molar-refractivity contribution >= 4 is 5.97 Å². The van der Waals surface area contributed by atoms with Crippen LogP contribution in [0.25, 0.3) is 0 Å². The van der Waals surface area contributed by atoms with E-state index in [-0.39, 0.29) is 0 Å². The van der Waals surface area contributed by atoms with Gasteiger partial charge in [0, 0.05) is 19.2 Å². The number of aliphatic hydroxyl groups is 1. The van der Waals surface area contributed by atoms with Gasteiger partial charge in [0.25, 0.3) is 0 Å². The number of nitrogens with one attached hydrogen (secondary N) is 1. The molecule has 0 radical (unpaired) electrons. The van der Waals surface area contributed by atoms with Crippen molar-refractivity contribution in [3.63, 3.8) is 0 Å². The predicted octanol–water partition coefficient (Wildman–Crippen LogP) is 1.69. The first-order chi connectivity index (χ1) is 8.02. The summed E-state index contributed by atoms with van der Waals surface area (Å²) < 4.78 is 0. The van der Waals surface area contributed by atoms with Crippen LogP contribution in [0.2, 0.25) is 0 Å². The molecule has 0 aromatic rings. The molecular formula is C13H23NO3. The Kier molecular flexibility index (Phi) is 5.65. The van der Waals surface area contributed by atoms with Crippen LogP contribution >= 0.6 is 0 Å². The lowest BCUT2D eigenvalue weighted by atomic mass is 9.94. The summed E-state index contributed by atoms with van der Waals surface area (Å²) in [5, 5.41) is 22.1. The maximum Gasteiger partial charge on any atom is 0.328 e. The molecule has 4 heteroatoms. The third-order valence-corrected chi connectivity index (χ3v) is 3.26. The van der Waals surface area contributed by atoms with Crippen LogP contribution in [-0.4, -0.2) is 34.9 Å². The summed E-state index contributed by atoms with van der Waals surface area (Å²) in [7, 11) is 0. The third kappa shape index (κ3) is 5.84. The Morgan fingerprint density at radius 2 is 1.88 bits per heavy atom. The fraction of sp³-hybridized carbons (Fsp3) is 0.769. The van der Waals surface area contributed by atoms with Gasteiger partial charge in [0.05, 0.1) is 5.60 Å². The molecule has 1 aliphatic carbocycles. The number of rotatable bonds is 5. The molecular weight excluding hydrogens is 218 g/mol. The molecule has 0 bridgehead atoms. The van der Waals surface area contributed by atoms with Gasteiger partial charge in [-0.3, -0.25) is 0 Å². The van der Waals surface area contributed by atoms with Crippen LogP contribution in [0.1, 0.15) is 45.4 Å². The smallest absolute Gasteiger partial charge is 0.328 e. The lowest BCUT2D eigenvalue weighted by Gasteiger charge is -2.27. The number of hydrogen-bond acceptors (Lipinski definition) is 3. The van der Waals surface area contributed by atoms with E-state index in [1.54, 1.807) is 6.92 Å². The van der Waals surface area contributed by atoms with Gasteiger partial charge < -0.3 is 15.5 Å². The Bertz CT molecular complexity index is 278. The topological polar surface area (TPSA) is 69.6 Å². The normalized spacial score (nSPS) is 20.9. The number of aliphatic carboxylic acids is 1. The third-order valence-electron chi connectivity index (χ3n) is 3.26. The summed E-state index contributed by atoms with van der Waals surface area (Å²) in [6, 6.07) is 0. The second-order valence-corrected chi connectivity index (χ2v) is 5.07. The van der Waals surface area contributed by atoms with E-state index in [2.05, 4.69) is 5.32 Å². The van der Waals surface area contributed by atoms with Gasteiger partial charge in [-0.15, -0.1) is 0 Å². The quantitative estimate of drug-likeness (QED) is 0.506. The second-order valence-electron chi connectivity index (χ2n) is 5.07. The van der Waals surface area contributed by atoms with E-state index >= 15 is 0 Å². The van der Waals surface area contributed by atoms with Crippen molar-refractivity contribution in [3.05, 3.63) is 11.6 Å². The number of carboxylic acid groups (broad SMARTS) is 1. The van der Waals surface area contributed by atoms with Crippen molar-refractivity contribution in [2.45, 2.75) is 51.0 Å². The van der Waals surface area contributed by atoms with Crippen molar-refractivity contribution in [1.82, 2.24) is 5.32 Å². The van der Waals surface area contributed by atoms with Crippen LogP contribution in [0.4, 0.5) is 0 Å². The van der Waals surface area contributed by atoms with Crippen molar-refractivity contribution < 1.29 is 15.0 Å². The highest BCUT2D eigenvalue weighted by atomic mass is 16.4. The van der Waals surface area contributed by atoms with Gasteiger partial charge in [-0.2, -0.15) is 0 Å². The molecule has 4 nitrogen and oxygen atoms in total. The zero-order valence-electron chi connectivity index (χ0n) is 10.5. The molecule has 1 rings (SSSR count). The molecule has 0 aliphatic heterocycles. The van der Waals surface area contributed by atoms with Crippen LogP contribution in [0.5, 0.6) is 0 Å². The fourth-order valence-corrected chi connectivity index (χ4v) is 2.32. The summed E-state index contributed by atoms with van der Waals surface area (Å²) in [5.74, 6) is -0.919.